The Bertz CT molecular complexity index is 229. The molecule has 0 rings (SSSR count). The Labute approximate surface area is 127 Å². The van der Waals surface area contributed by atoms with Crippen molar-refractivity contribution < 1.29 is 23.7 Å². The number of hydrogen-bond donors (Lipinski definition) is 2. The van der Waals surface area contributed by atoms with E-state index in [2.05, 4.69) is 5.32 Å². The van der Waals surface area contributed by atoms with Crippen molar-refractivity contribution in [1.82, 2.24) is 5.32 Å². The van der Waals surface area contributed by atoms with E-state index < -0.39 is 0 Å². The van der Waals surface area contributed by atoms with Crippen LogP contribution in [0.4, 0.5) is 0 Å². The molecule has 0 heterocycles. The van der Waals surface area contributed by atoms with Gasteiger partial charge in [-0.1, -0.05) is 6.92 Å². The predicted molar refractivity (Wildman–Crippen MR) is 80.2 cm³/mol. The summed E-state index contributed by atoms with van der Waals surface area (Å²) in [5, 5.41) is 2.73. The van der Waals surface area contributed by atoms with Gasteiger partial charge in [-0.3, -0.25) is 4.79 Å². The molecule has 7 heteroatoms. The quantitative estimate of drug-likeness (QED) is 0.388. The van der Waals surface area contributed by atoms with Crippen LogP contribution in [0.3, 0.4) is 0 Å². The van der Waals surface area contributed by atoms with E-state index in [-0.39, 0.29) is 12.5 Å². The number of rotatable bonds is 16. The lowest BCUT2D eigenvalue weighted by Gasteiger charge is -2.07. The third-order valence-electron chi connectivity index (χ3n) is 2.41. The van der Waals surface area contributed by atoms with E-state index in [4.69, 9.17) is 24.7 Å². The SMILES string of the molecule is CCCNC(=O)COCCOCCOCCOCCCN. The van der Waals surface area contributed by atoms with Gasteiger partial charge in [0.25, 0.3) is 0 Å². The Morgan fingerprint density at radius 1 is 0.905 bits per heavy atom. The molecule has 0 aromatic rings. The average molecular weight is 306 g/mol. The summed E-state index contributed by atoms with van der Waals surface area (Å²) in [4.78, 5) is 11.2. The summed E-state index contributed by atoms with van der Waals surface area (Å²) in [5.74, 6) is -0.0881. The van der Waals surface area contributed by atoms with E-state index in [0.29, 0.717) is 59.3 Å². The van der Waals surface area contributed by atoms with E-state index in [0.717, 1.165) is 12.8 Å². The molecule has 126 valence electrons. The maximum atomic E-state index is 11.2. The van der Waals surface area contributed by atoms with Crippen LogP contribution in [0.1, 0.15) is 19.8 Å². The summed E-state index contributed by atoms with van der Waals surface area (Å²) >= 11 is 0. The fourth-order valence-electron chi connectivity index (χ4n) is 1.33. The van der Waals surface area contributed by atoms with Crippen LogP contribution in [0.15, 0.2) is 0 Å². The summed E-state index contributed by atoms with van der Waals surface area (Å²) < 4.78 is 21.1. The van der Waals surface area contributed by atoms with Crippen molar-refractivity contribution in [2.45, 2.75) is 19.8 Å². The molecular formula is C14H30N2O5. The van der Waals surface area contributed by atoms with E-state index >= 15 is 0 Å². The van der Waals surface area contributed by atoms with Crippen LogP contribution >= 0.6 is 0 Å². The first-order valence-electron chi connectivity index (χ1n) is 7.59. The molecule has 7 nitrogen and oxygen atoms in total. The first kappa shape index (κ1) is 20.3. The Hall–Kier alpha value is -0.730. The van der Waals surface area contributed by atoms with Gasteiger partial charge >= 0.3 is 0 Å². The second-order valence-corrected chi connectivity index (χ2v) is 4.38. The number of amides is 1. The van der Waals surface area contributed by atoms with Gasteiger partial charge in [-0.05, 0) is 19.4 Å². The molecule has 0 atom stereocenters. The number of hydrogen-bond acceptors (Lipinski definition) is 6. The molecule has 0 unspecified atom stereocenters. The molecule has 0 saturated carbocycles. The highest BCUT2D eigenvalue weighted by molar-refractivity contribution is 5.77. The van der Waals surface area contributed by atoms with Crippen molar-refractivity contribution in [3.8, 4) is 0 Å². The van der Waals surface area contributed by atoms with Gasteiger partial charge < -0.3 is 30.0 Å². The van der Waals surface area contributed by atoms with Crippen LogP contribution < -0.4 is 11.1 Å². The fourth-order valence-corrected chi connectivity index (χ4v) is 1.33. The molecule has 3 N–H and O–H groups in total. The van der Waals surface area contributed by atoms with Crippen molar-refractivity contribution in [1.29, 1.82) is 0 Å². The molecule has 1 amide bonds. The van der Waals surface area contributed by atoms with Crippen molar-refractivity contribution in [2.75, 3.05) is 65.9 Å². The van der Waals surface area contributed by atoms with Gasteiger partial charge in [0.15, 0.2) is 0 Å². The molecule has 21 heavy (non-hydrogen) atoms. The lowest BCUT2D eigenvalue weighted by molar-refractivity contribution is -0.126. The van der Waals surface area contributed by atoms with Gasteiger partial charge in [-0.15, -0.1) is 0 Å². The van der Waals surface area contributed by atoms with Gasteiger partial charge in [0.05, 0.1) is 39.6 Å². The van der Waals surface area contributed by atoms with Crippen LogP contribution in [-0.4, -0.2) is 71.9 Å². The molecule has 0 aromatic carbocycles. The monoisotopic (exact) mass is 306 g/mol. The van der Waals surface area contributed by atoms with E-state index in [1.165, 1.54) is 0 Å². The number of nitrogens with one attached hydrogen (secondary N) is 1. The van der Waals surface area contributed by atoms with Crippen LogP contribution in [0.5, 0.6) is 0 Å². The molecule has 0 fully saturated rings. The third-order valence-corrected chi connectivity index (χ3v) is 2.41. The smallest absolute Gasteiger partial charge is 0.245 e. The van der Waals surface area contributed by atoms with Crippen LogP contribution in [0.2, 0.25) is 0 Å². The Morgan fingerprint density at radius 3 is 1.95 bits per heavy atom. The number of nitrogens with two attached hydrogens (primary N) is 1. The van der Waals surface area contributed by atoms with Gasteiger partial charge in [0.1, 0.15) is 6.61 Å². The van der Waals surface area contributed by atoms with Crippen LogP contribution in [0.25, 0.3) is 0 Å². The van der Waals surface area contributed by atoms with Crippen molar-refractivity contribution in [3.05, 3.63) is 0 Å². The Kier molecular flexibility index (Phi) is 16.7. The molecular weight excluding hydrogens is 276 g/mol. The fraction of sp³-hybridized carbons (Fsp3) is 0.929. The summed E-state index contributed by atoms with van der Waals surface area (Å²) in [6.45, 7) is 7.13. The second-order valence-electron chi connectivity index (χ2n) is 4.38. The minimum atomic E-state index is -0.0881. The van der Waals surface area contributed by atoms with E-state index in [9.17, 15) is 4.79 Å². The lowest BCUT2D eigenvalue weighted by atomic mass is 10.5. The molecule has 0 spiro atoms. The van der Waals surface area contributed by atoms with Crippen molar-refractivity contribution >= 4 is 5.91 Å². The normalized spacial score (nSPS) is 10.8. The highest BCUT2D eigenvalue weighted by Crippen LogP contribution is 1.84. The van der Waals surface area contributed by atoms with E-state index in [1.54, 1.807) is 0 Å². The average Bonchev–Trinajstić information content (AvgIpc) is 2.49. The number of carbonyl (C=O) groups excluding carboxylic acids is 1. The molecule has 0 aliphatic rings. The third kappa shape index (κ3) is 17.2. The molecule has 0 aliphatic carbocycles. The van der Waals surface area contributed by atoms with Gasteiger partial charge in [-0.25, -0.2) is 0 Å². The van der Waals surface area contributed by atoms with Crippen LogP contribution in [0, 0.1) is 0 Å². The van der Waals surface area contributed by atoms with Crippen molar-refractivity contribution in [2.24, 2.45) is 5.73 Å². The summed E-state index contributed by atoms with van der Waals surface area (Å²) in [5.41, 5.74) is 5.34. The number of ether oxygens (including phenoxy) is 4. The second kappa shape index (κ2) is 17.3. The summed E-state index contributed by atoms with van der Waals surface area (Å²) in [6.07, 6.45) is 1.80. The first-order chi connectivity index (χ1) is 10.3. The Morgan fingerprint density at radius 2 is 1.43 bits per heavy atom. The van der Waals surface area contributed by atoms with Crippen LogP contribution in [-0.2, 0) is 23.7 Å². The zero-order chi connectivity index (χ0) is 15.6. The lowest BCUT2D eigenvalue weighted by Crippen LogP contribution is -2.28. The zero-order valence-corrected chi connectivity index (χ0v) is 13.1. The topological polar surface area (TPSA) is 92.0 Å². The molecule has 0 aliphatic heterocycles. The standard InChI is InChI=1S/C14H30N2O5/c1-2-5-16-14(17)13-21-12-11-20-10-9-19-8-7-18-6-3-4-15/h2-13,15H2,1H3,(H,16,17). The minimum Gasteiger partial charge on any atom is -0.379 e. The van der Waals surface area contributed by atoms with Gasteiger partial charge in [-0.2, -0.15) is 0 Å². The Balaban J connectivity index is 3.04. The van der Waals surface area contributed by atoms with Gasteiger partial charge in [0, 0.05) is 13.2 Å². The molecule has 0 aromatic heterocycles. The number of carbonyl (C=O) groups is 1. The first-order valence-corrected chi connectivity index (χ1v) is 7.59. The summed E-state index contributed by atoms with van der Waals surface area (Å²) in [6, 6.07) is 0. The van der Waals surface area contributed by atoms with Crippen molar-refractivity contribution in [3.63, 3.8) is 0 Å². The minimum absolute atomic E-state index is 0.0833. The predicted octanol–water partition coefficient (Wildman–Crippen LogP) is -0.0722. The maximum absolute atomic E-state index is 11.2. The molecule has 0 bridgehead atoms. The van der Waals surface area contributed by atoms with E-state index in [1.807, 2.05) is 6.92 Å². The maximum Gasteiger partial charge on any atom is 0.245 e. The largest absolute Gasteiger partial charge is 0.379 e. The highest BCUT2D eigenvalue weighted by Gasteiger charge is 1.99. The van der Waals surface area contributed by atoms with Gasteiger partial charge in [0.2, 0.25) is 5.91 Å². The summed E-state index contributed by atoms with van der Waals surface area (Å²) in [7, 11) is 0. The molecule has 0 radical (unpaired) electrons. The highest BCUT2D eigenvalue weighted by atomic mass is 16.6. The molecule has 0 saturated heterocycles. The zero-order valence-electron chi connectivity index (χ0n) is 13.1.